The smallest absolute Gasteiger partial charge is 0.263 e. The molecule has 37 heavy (non-hydrogen) atoms. The fourth-order valence-electron chi connectivity index (χ4n) is 4.93. The van der Waals surface area contributed by atoms with Gasteiger partial charge in [-0.2, -0.15) is 0 Å². The number of amides is 1. The van der Waals surface area contributed by atoms with E-state index in [1.165, 1.54) is 35.7 Å². The molecule has 3 aromatic rings. The second-order valence-corrected chi connectivity index (χ2v) is 11.7. The van der Waals surface area contributed by atoms with Crippen molar-refractivity contribution in [2.75, 3.05) is 42.3 Å². The number of aromatic nitrogens is 1. The molecule has 0 radical (unpaired) electrons. The van der Waals surface area contributed by atoms with Gasteiger partial charge in [-0.25, -0.2) is 22.2 Å². The molecule has 1 aromatic heterocycles. The van der Waals surface area contributed by atoms with Gasteiger partial charge in [-0.3, -0.25) is 19.3 Å². The van der Waals surface area contributed by atoms with Crippen molar-refractivity contribution in [2.24, 2.45) is 0 Å². The Labute approximate surface area is 221 Å². The Morgan fingerprint density at radius 3 is 2.43 bits per heavy atom. The van der Waals surface area contributed by atoms with Gasteiger partial charge in [-0.15, -0.1) is 11.3 Å². The van der Waals surface area contributed by atoms with Gasteiger partial charge < -0.3 is 4.90 Å². The Hall–Kier alpha value is -2.93. The van der Waals surface area contributed by atoms with Gasteiger partial charge in [0.25, 0.3) is 10.0 Å². The predicted molar refractivity (Wildman–Crippen MR) is 142 cm³/mol. The third kappa shape index (κ3) is 5.37. The molecule has 12 heteroatoms. The Kier molecular flexibility index (Phi) is 7.26. The standard InChI is InChI=1S/C25H27F2N5O3S2.2H2/c1-17(18-2-7-21(26)22(27)16-18)30-11-13-31(14-12-30)23-8-10-32(24(23)33)19-3-5-20(6-4-19)37(34,35)29-25-28-9-15-36-25;;/h2-7,9,15-17,23H,8,10-14H2,1H3,(H,28,29);2*1H/t17-,23-;;/m0../s1. The molecule has 2 saturated heterocycles. The third-order valence-corrected chi connectivity index (χ3v) is 9.23. The van der Waals surface area contributed by atoms with Gasteiger partial charge in [0.2, 0.25) is 5.91 Å². The summed E-state index contributed by atoms with van der Waals surface area (Å²) < 4.78 is 54.6. The first-order valence-corrected chi connectivity index (χ1v) is 14.4. The van der Waals surface area contributed by atoms with Crippen LogP contribution in [0.4, 0.5) is 19.6 Å². The maximum atomic E-state index is 13.7. The molecule has 2 aliphatic heterocycles. The van der Waals surface area contributed by atoms with Crippen molar-refractivity contribution in [3.05, 3.63) is 71.2 Å². The van der Waals surface area contributed by atoms with E-state index in [2.05, 4.69) is 19.5 Å². The van der Waals surface area contributed by atoms with Crippen LogP contribution in [0.3, 0.4) is 0 Å². The predicted octanol–water partition coefficient (Wildman–Crippen LogP) is 4.20. The molecule has 2 aliphatic rings. The van der Waals surface area contributed by atoms with E-state index in [4.69, 9.17) is 0 Å². The zero-order valence-corrected chi connectivity index (χ0v) is 21.8. The highest BCUT2D eigenvalue weighted by Crippen LogP contribution is 2.29. The van der Waals surface area contributed by atoms with E-state index in [1.807, 2.05) is 6.92 Å². The first-order valence-electron chi connectivity index (χ1n) is 12.0. The minimum Gasteiger partial charge on any atom is -0.311 e. The molecule has 3 heterocycles. The first kappa shape index (κ1) is 25.7. The average Bonchev–Trinajstić information content (AvgIpc) is 3.54. The van der Waals surface area contributed by atoms with Gasteiger partial charge in [-0.05, 0) is 55.3 Å². The molecule has 0 saturated carbocycles. The van der Waals surface area contributed by atoms with Crippen LogP contribution in [0, 0.1) is 11.6 Å². The second-order valence-electron chi connectivity index (χ2n) is 9.15. The lowest BCUT2D eigenvalue weighted by Gasteiger charge is -2.40. The average molecular weight is 552 g/mol. The topological polar surface area (TPSA) is 85.8 Å². The number of carbonyl (C=O) groups excluding carboxylic acids is 1. The van der Waals surface area contributed by atoms with E-state index in [0.29, 0.717) is 50.0 Å². The molecular weight excluding hydrogens is 520 g/mol. The Morgan fingerprint density at radius 2 is 1.78 bits per heavy atom. The van der Waals surface area contributed by atoms with Crippen molar-refractivity contribution in [1.29, 1.82) is 0 Å². The number of hydrogen-bond donors (Lipinski definition) is 1. The third-order valence-electron chi connectivity index (χ3n) is 7.05. The first-order chi connectivity index (χ1) is 17.7. The molecule has 0 aliphatic carbocycles. The van der Waals surface area contributed by atoms with E-state index < -0.39 is 21.7 Å². The van der Waals surface area contributed by atoms with Gasteiger partial charge in [0.05, 0.1) is 10.9 Å². The SMILES string of the molecule is C[C@@H](c1ccc(F)c(F)c1)N1CCN([C@H]2CCN(c3ccc(S(=O)(=O)Nc4nccs4)cc3)C2=O)CC1.[HH].[HH]. The fourth-order valence-corrected chi connectivity index (χ4v) is 6.72. The number of benzene rings is 2. The monoisotopic (exact) mass is 551 g/mol. The molecule has 200 valence electrons. The Balaban J connectivity index is 0.00000210. The molecule has 0 spiro atoms. The van der Waals surface area contributed by atoms with E-state index in [0.717, 1.165) is 11.6 Å². The van der Waals surface area contributed by atoms with Crippen molar-refractivity contribution in [1.82, 2.24) is 14.8 Å². The van der Waals surface area contributed by atoms with Crippen LogP contribution in [0.5, 0.6) is 0 Å². The van der Waals surface area contributed by atoms with Crippen molar-refractivity contribution in [2.45, 2.75) is 30.3 Å². The molecule has 8 nitrogen and oxygen atoms in total. The number of thiazole rings is 1. The van der Waals surface area contributed by atoms with Crippen LogP contribution >= 0.6 is 11.3 Å². The number of hydrogen-bond acceptors (Lipinski definition) is 7. The molecular formula is C25H31F2N5O3S2. The van der Waals surface area contributed by atoms with Crippen LogP contribution in [0.15, 0.2) is 58.9 Å². The Bertz CT molecular complexity index is 1370. The van der Waals surface area contributed by atoms with Crippen LogP contribution in [-0.2, 0) is 14.8 Å². The van der Waals surface area contributed by atoms with Crippen molar-refractivity contribution < 1.29 is 24.8 Å². The van der Waals surface area contributed by atoms with Crippen LogP contribution in [0.25, 0.3) is 0 Å². The molecule has 2 atom stereocenters. The lowest BCUT2D eigenvalue weighted by atomic mass is 10.1. The minimum atomic E-state index is -3.76. The molecule has 1 N–H and O–H groups in total. The molecule has 0 bridgehead atoms. The number of anilines is 2. The van der Waals surface area contributed by atoms with Crippen molar-refractivity contribution >= 4 is 38.1 Å². The number of nitrogens with zero attached hydrogens (tertiary/aromatic N) is 4. The number of piperazine rings is 1. The van der Waals surface area contributed by atoms with Crippen LogP contribution in [0.1, 0.15) is 27.8 Å². The van der Waals surface area contributed by atoms with E-state index >= 15 is 0 Å². The summed E-state index contributed by atoms with van der Waals surface area (Å²) in [5.41, 5.74) is 1.38. The summed E-state index contributed by atoms with van der Waals surface area (Å²) in [6.45, 7) is 5.33. The summed E-state index contributed by atoms with van der Waals surface area (Å²) in [5, 5.41) is 1.98. The van der Waals surface area contributed by atoms with Crippen LogP contribution in [-0.4, -0.2) is 67.9 Å². The normalized spacial score (nSPS) is 20.4. The van der Waals surface area contributed by atoms with E-state index in [-0.39, 0.29) is 25.7 Å². The number of rotatable bonds is 7. The highest BCUT2D eigenvalue weighted by molar-refractivity contribution is 7.93. The summed E-state index contributed by atoms with van der Waals surface area (Å²) in [5.74, 6) is -1.70. The molecule has 1 amide bonds. The molecule has 0 unspecified atom stereocenters. The van der Waals surface area contributed by atoms with Crippen molar-refractivity contribution in [3.63, 3.8) is 0 Å². The quantitative estimate of drug-likeness (QED) is 0.474. The summed E-state index contributed by atoms with van der Waals surface area (Å²) in [6, 6.07) is 9.99. The van der Waals surface area contributed by atoms with Crippen molar-refractivity contribution in [3.8, 4) is 0 Å². The Morgan fingerprint density at radius 1 is 1.05 bits per heavy atom. The van der Waals surface area contributed by atoms with E-state index in [9.17, 15) is 22.0 Å². The van der Waals surface area contributed by atoms with Gasteiger partial charge in [0, 0.05) is 58.9 Å². The van der Waals surface area contributed by atoms with E-state index in [1.54, 1.807) is 28.5 Å². The summed E-state index contributed by atoms with van der Waals surface area (Å²) >= 11 is 1.19. The van der Waals surface area contributed by atoms with Crippen LogP contribution in [0.2, 0.25) is 0 Å². The summed E-state index contributed by atoms with van der Waals surface area (Å²) in [6.07, 6.45) is 2.21. The van der Waals surface area contributed by atoms with Gasteiger partial charge in [0.15, 0.2) is 16.8 Å². The van der Waals surface area contributed by atoms with Crippen LogP contribution < -0.4 is 9.62 Å². The summed E-state index contributed by atoms with van der Waals surface area (Å²) in [4.78, 5) is 23.4. The maximum absolute atomic E-state index is 13.7. The highest BCUT2D eigenvalue weighted by Gasteiger charge is 2.38. The number of sulfonamides is 1. The highest BCUT2D eigenvalue weighted by atomic mass is 32.2. The lowest BCUT2D eigenvalue weighted by molar-refractivity contribution is -0.122. The van der Waals surface area contributed by atoms with Gasteiger partial charge >= 0.3 is 0 Å². The maximum Gasteiger partial charge on any atom is 0.263 e. The number of carbonyl (C=O) groups is 1. The molecule has 2 fully saturated rings. The number of halogens is 2. The fraction of sp³-hybridized carbons (Fsp3) is 0.360. The lowest BCUT2D eigenvalue weighted by Crippen LogP contribution is -2.52. The second kappa shape index (κ2) is 10.4. The summed E-state index contributed by atoms with van der Waals surface area (Å²) in [7, 11) is -3.76. The van der Waals surface area contributed by atoms with Gasteiger partial charge in [-0.1, -0.05) is 6.07 Å². The zero-order chi connectivity index (χ0) is 26.2. The minimum absolute atomic E-state index is 0. The molecule has 2 aromatic carbocycles. The number of nitrogens with one attached hydrogen (secondary N) is 1. The van der Waals surface area contributed by atoms with Gasteiger partial charge in [0.1, 0.15) is 0 Å². The zero-order valence-electron chi connectivity index (χ0n) is 20.2. The molecule has 5 rings (SSSR count). The largest absolute Gasteiger partial charge is 0.311 e.